The number of anilines is 2. The molecule has 1 aliphatic rings. The number of aliphatic hydroxyl groups is 2. The monoisotopic (exact) mass is 464 g/mol. The van der Waals surface area contributed by atoms with Gasteiger partial charge in [-0.05, 0) is 17.7 Å². The number of aromatic nitrogens is 4. The quantitative estimate of drug-likeness (QED) is 0.246. The molecule has 174 valence electrons. The highest BCUT2D eigenvalue weighted by atomic mass is 16.6. The van der Waals surface area contributed by atoms with Crippen LogP contribution in [0.2, 0.25) is 0 Å². The van der Waals surface area contributed by atoms with E-state index in [2.05, 4.69) is 20.3 Å². The Labute approximate surface area is 191 Å². The summed E-state index contributed by atoms with van der Waals surface area (Å²) >= 11 is 0. The molecule has 0 bridgehead atoms. The molecule has 12 heteroatoms. The maximum atomic E-state index is 12.6. The minimum Gasteiger partial charge on any atom is -0.394 e. The summed E-state index contributed by atoms with van der Waals surface area (Å²) in [6.07, 6.45) is -0.777. The van der Waals surface area contributed by atoms with Crippen molar-refractivity contribution in [3.05, 3.63) is 75.3 Å². The van der Waals surface area contributed by atoms with Crippen molar-refractivity contribution in [2.45, 2.75) is 24.9 Å². The molecule has 5 rings (SSSR count). The fourth-order valence-electron chi connectivity index (χ4n) is 4.07. The number of hydrogen-bond acceptors (Lipinski definition) is 9. The predicted molar refractivity (Wildman–Crippen MR) is 122 cm³/mol. The van der Waals surface area contributed by atoms with Crippen LogP contribution in [0.1, 0.15) is 12.6 Å². The molecule has 12 nitrogen and oxygen atoms in total. The van der Waals surface area contributed by atoms with Crippen LogP contribution in [0.4, 0.5) is 17.3 Å². The SMILES string of the molecule is O=c1[nH]c(Nc2cccc(-c3ccccc3)c2[N+](=O)[O-])nc2c1ncn2C1CC(O)C(CO)O1. The number of aliphatic hydroxyl groups excluding tert-OH is 2. The number of H-pyrrole nitrogens is 1. The molecule has 1 saturated heterocycles. The number of nitro benzene ring substituents is 1. The third kappa shape index (κ3) is 3.79. The number of imidazole rings is 1. The van der Waals surface area contributed by atoms with Gasteiger partial charge in [0.15, 0.2) is 11.2 Å². The summed E-state index contributed by atoms with van der Waals surface area (Å²) in [6.45, 7) is -0.355. The van der Waals surface area contributed by atoms with Crippen LogP contribution in [-0.2, 0) is 4.74 Å². The molecule has 2 aromatic carbocycles. The molecular weight excluding hydrogens is 444 g/mol. The first kappa shape index (κ1) is 21.7. The number of aromatic amines is 1. The molecule has 34 heavy (non-hydrogen) atoms. The molecule has 1 fully saturated rings. The minimum absolute atomic E-state index is 0.0233. The highest BCUT2D eigenvalue weighted by Gasteiger charge is 2.35. The first-order chi connectivity index (χ1) is 16.5. The molecule has 4 aromatic rings. The molecule has 4 N–H and O–H groups in total. The average Bonchev–Trinajstić information content (AvgIpc) is 3.42. The molecular formula is C22H20N6O6. The van der Waals surface area contributed by atoms with E-state index in [0.717, 1.165) is 0 Å². The molecule has 0 spiro atoms. The Kier molecular flexibility index (Phi) is 5.53. The van der Waals surface area contributed by atoms with Gasteiger partial charge in [-0.1, -0.05) is 36.4 Å². The number of para-hydroxylation sites is 1. The lowest BCUT2D eigenvalue weighted by Gasteiger charge is -2.14. The third-order valence-corrected chi connectivity index (χ3v) is 5.68. The van der Waals surface area contributed by atoms with Crippen LogP contribution in [0.5, 0.6) is 0 Å². The second-order valence-corrected chi connectivity index (χ2v) is 7.80. The minimum atomic E-state index is -0.879. The fraction of sp³-hybridized carbons (Fsp3) is 0.227. The number of nitrogens with one attached hydrogen (secondary N) is 2. The molecule has 2 aromatic heterocycles. The lowest BCUT2D eigenvalue weighted by molar-refractivity contribution is -0.383. The van der Waals surface area contributed by atoms with Gasteiger partial charge in [0.1, 0.15) is 18.0 Å². The predicted octanol–water partition coefficient (Wildman–Crippen LogP) is 2.08. The maximum Gasteiger partial charge on any atom is 0.300 e. The van der Waals surface area contributed by atoms with Crippen molar-refractivity contribution in [1.29, 1.82) is 0 Å². The Bertz CT molecular complexity index is 1420. The first-order valence-corrected chi connectivity index (χ1v) is 10.5. The van der Waals surface area contributed by atoms with Gasteiger partial charge in [0.05, 0.1) is 29.5 Å². The van der Waals surface area contributed by atoms with Gasteiger partial charge in [-0.3, -0.25) is 24.5 Å². The van der Waals surface area contributed by atoms with Crippen LogP contribution in [0.15, 0.2) is 59.7 Å². The van der Waals surface area contributed by atoms with Crippen molar-refractivity contribution in [3.8, 4) is 11.1 Å². The molecule has 0 amide bonds. The Morgan fingerprint density at radius 3 is 2.74 bits per heavy atom. The first-order valence-electron chi connectivity index (χ1n) is 10.5. The fourth-order valence-corrected chi connectivity index (χ4v) is 4.07. The highest BCUT2D eigenvalue weighted by molar-refractivity contribution is 5.84. The van der Waals surface area contributed by atoms with E-state index in [1.807, 2.05) is 6.07 Å². The Morgan fingerprint density at radius 1 is 1.24 bits per heavy atom. The molecule has 0 saturated carbocycles. The lowest BCUT2D eigenvalue weighted by atomic mass is 10.0. The van der Waals surface area contributed by atoms with Crippen LogP contribution >= 0.6 is 0 Å². The third-order valence-electron chi connectivity index (χ3n) is 5.68. The van der Waals surface area contributed by atoms with E-state index >= 15 is 0 Å². The zero-order valence-electron chi connectivity index (χ0n) is 17.7. The van der Waals surface area contributed by atoms with Gasteiger partial charge in [0.25, 0.3) is 5.56 Å². The second kappa shape index (κ2) is 8.67. The maximum absolute atomic E-state index is 12.6. The summed E-state index contributed by atoms with van der Waals surface area (Å²) < 4.78 is 7.14. The van der Waals surface area contributed by atoms with Gasteiger partial charge in [0.2, 0.25) is 5.95 Å². The van der Waals surface area contributed by atoms with E-state index in [1.165, 1.54) is 17.0 Å². The molecule has 0 radical (unpaired) electrons. The van der Waals surface area contributed by atoms with Gasteiger partial charge in [-0.25, -0.2) is 4.98 Å². The molecule has 0 aliphatic carbocycles. The second-order valence-electron chi connectivity index (χ2n) is 7.80. The normalized spacial score (nSPS) is 20.0. The largest absolute Gasteiger partial charge is 0.394 e. The zero-order chi connectivity index (χ0) is 23.8. The summed E-state index contributed by atoms with van der Waals surface area (Å²) in [5.41, 5.74) is 0.722. The van der Waals surface area contributed by atoms with E-state index in [4.69, 9.17) is 4.74 Å². The number of rotatable bonds is 6. The van der Waals surface area contributed by atoms with Crippen molar-refractivity contribution in [3.63, 3.8) is 0 Å². The van der Waals surface area contributed by atoms with Crippen molar-refractivity contribution < 1.29 is 19.9 Å². The van der Waals surface area contributed by atoms with Crippen molar-refractivity contribution in [1.82, 2.24) is 19.5 Å². The summed E-state index contributed by atoms with van der Waals surface area (Å²) in [6, 6.07) is 13.8. The lowest BCUT2D eigenvalue weighted by Crippen LogP contribution is -2.24. The smallest absolute Gasteiger partial charge is 0.300 e. The van der Waals surface area contributed by atoms with E-state index in [1.54, 1.807) is 36.4 Å². The number of ether oxygens (including phenoxy) is 1. The number of fused-ring (bicyclic) bond motifs is 1. The van der Waals surface area contributed by atoms with E-state index in [9.17, 15) is 25.1 Å². The average molecular weight is 464 g/mol. The van der Waals surface area contributed by atoms with Crippen LogP contribution in [-0.4, -0.2) is 53.5 Å². The number of nitrogens with zero attached hydrogens (tertiary/aromatic N) is 4. The van der Waals surface area contributed by atoms with Gasteiger partial charge >= 0.3 is 5.69 Å². The van der Waals surface area contributed by atoms with E-state index < -0.39 is 28.9 Å². The van der Waals surface area contributed by atoms with E-state index in [0.29, 0.717) is 11.1 Å². The Hall–Kier alpha value is -4.13. The molecule has 3 heterocycles. The zero-order valence-corrected chi connectivity index (χ0v) is 17.7. The van der Waals surface area contributed by atoms with Gasteiger partial charge < -0.3 is 20.3 Å². The van der Waals surface area contributed by atoms with Crippen molar-refractivity contribution >= 4 is 28.5 Å². The Morgan fingerprint density at radius 2 is 2.03 bits per heavy atom. The van der Waals surface area contributed by atoms with E-state index in [-0.39, 0.29) is 41.5 Å². The topological polar surface area (TPSA) is 168 Å². The van der Waals surface area contributed by atoms with Crippen molar-refractivity contribution in [2.24, 2.45) is 0 Å². The van der Waals surface area contributed by atoms with Gasteiger partial charge in [-0.15, -0.1) is 0 Å². The molecule has 3 unspecified atom stereocenters. The summed E-state index contributed by atoms with van der Waals surface area (Å²) in [5.74, 6) is -0.0233. The summed E-state index contributed by atoms with van der Waals surface area (Å²) in [4.78, 5) is 35.1. The van der Waals surface area contributed by atoms with Crippen LogP contribution < -0.4 is 10.9 Å². The van der Waals surface area contributed by atoms with Crippen LogP contribution in [0, 0.1) is 10.1 Å². The van der Waals surface area contributed by atoms with Gasteiger partial charge in [0, 0.05) is 6.42 Å². The Balaban J connectivity index is 1.55. The van der Waals surface area contributed by atoms with Crippen LogP contribution in [0.25, 0.3) is 22.3 Å². The number of hydrogen-bond donors (Lipinski definition) is 4. The van der Waals surface area contributed by atoms with Gasteiger partial charge in [-0.2, -0.15) is 4.98 Å². The van der Waals surface area contributed by atoms with Crippen LogP contribution in [0.3, 0.4) is 0 Å². The number of benzene rings is 2. The summed E-state index contributed by atoms with van der Waals surface area (Å²) in [7, 11) is 0. The molecule has 1 aliphatic heterocycles. The standard InChI is InChI=1S/C22H20N6O6/c29-10-16-15(30)9-17(34-16)27-11-23-18-20(27)25-22(26-21(18)31)24-14-8-4-7-13(19(14)28(32)33)12-5-2-1-3-6-12/h1-8,11,15-17,29-30H,9-10H2,(H2,24,25,26,31). The number of nitro groups is 1. The highest BCUT2D eigenvalue weighted by Crippen LogP contribution is 2.37. The molecule has 3 atom stereocenters. The van der Waals surface area contributed by atoms with Crippen molar-refractivity contribution in [2.75, 3.05) is 11.9 Å². The summed E-state index contributed by atoms with van der Waals surface area (Å²) in [5, 5.41) is 34.2.